The van der Waals surface area contributed by atoms with Crippen LogP contribution >= 0.6 is 0 Å². The molecular formula is C18H23NO4. The van der Waals surface area contributed by atoms with Gasteiger partial charge in [0.05, 0.1) is 6.61 Å². The van der Waals surface area contributed by atoms with Crippen molar-refractivity contribution in [3.8, 4) is 0 Å². The first-order chi connectivity index (χ1) is 11.2. The predicted molar refractivity (Wildman–Crippen MR) is 86.6 cm³/mol. The molecule has 1 aromatic rings. The molecule has 0 aliphatic carbocycles. The van der Waals surface area contributed by atoms with Gasteiger partial charge in [0, 0.05) is 31.8 Å². The molecule has 0 unspecified atom stereocenters. The summed E-state index contributed by atoms with van der Waals surface area (Å²) in [5, 5.41) is 0. The van der Waals surface area contributed by atoms with E-state index < -0.39 is 11.9 Å². The van der Waals surface area contributed by atoms with Crippen molar-refractivity contribution >= 4 is 11.9 Å². The van der Waals surface area contributed by atoms with Crippen LogP contribution in [-0.4, -0.2) is 42.6 Å². The van der Waals surface area contributed by atoms with Gasteiger partial charge in [-0.05, 0) is 25.3 Å². The molecule has 124 valence electrons. The maximum atomic E-state index is 11.7. The fraction of sp³-hybridized carbons (Fsp3) is 0.444. The summed E-state index contributed by atoms with van der Waals surface area (Å²) in [5.74, 6) is -1.01. The van der Waals surface area contributed by atoms with Crippen LogP contribution < -0.4 is 0 Å². The lowest BCUT2D eigenvalue weighted by atomic mass is 10.1. The lowest BCUT2D eigenvalue weighted by Crippen LogP contribution is -2.37. The van der Waals surface area contributed by atoms with Gasteiger partial charge in [0.25, 0.3) is 0 Å². The number of benzene rings is 1. The second-order valence-corrected chi connectivity index (χ2v) is 5.48. The molecule has 0 saturated carbocycles. The molecule has 0 atom stereocenters. The number of ether oxygens (including phenoxy) is 2. The van der Waals surface area contributed by atoms with E-state index in [1.54, 1.807) is 6.92 Å². The average Bonchev–Trinajstić information content (AvgIpc) is 2.56. The number of hydrogen-bond acceptors (Lipinski definition) is 5. The van der Waals surface area contributed by atoms with Crippen molar-refractivity contribution in [3.63, 3.8) is 0 Å². The molecule has 1 aliphatic heterocycles. The van der Waals surface area contributed by atoms with Crippen molar-refractivity contribution in [1.82, 2.24) is 4.90 Å². The summed E-state index contributed by atoms with van der Waals surface area (Å²) < 4.78 is 10.1. The summed E-state index contributed by atoms with van der Waals surface area (Å²) in [6, 6.07) is 10.3. The van der Waals surface area contributed by atoms with Gasteiger partial charge in [0.1, 0.15) is 6.10 Å². The van der Waals surface area contributed by atoms with Crippen molar-refractivity contribution in [2.75, 3.05) is 19.7 Å². The molecule has 1 aliphatic rings. The Hall–Kier alpha value is -2.14. The Morgan fingerprint density at radius 2 is 1.78 bits per heavy atom. The Balaban J connectivity index is 1.70. The van der Waals surface area contributed by atoms with E-state index in [2.05, 4.69) is 17.0 Å². The van der Waals surface area contributed by atoms with Crippen LogP contribution in [0.4, 0.5) is 0 Å². The van der Waals surface area contributed by atoms with Gasteiger partial charge in [-0.1, -0.05) is 30.3 Å². The number of carbonyl (C=O) groups excluding carboxylic acids is 2. The third kappa shape index (κ3) is 6.24. The van der Waals surface area contributed by atoms with Gasteiger partial charge in [-0.3, -0.25) is 4.90 Å². The molecule has 2 rings (SSSR count). The van der Waals surface area contributed by atoms with Gasteiger partial charge in [-0.25, -0.2) is 9.59 Å². The highest BCUT2D eigenvalue weighted by molar-refractivity contribution is 5.91. The monoisotopic (exact) mass is 317 g/mol. The fourth-order valence-electron chi connectivity index (χ4n) is 2.56. The summed E-state index contributed by atoms with van der Waals surface area (Å²) in [5.41, 5.74) is 1.29. The van der Waals surface area contributed by atoms with E-state index in [-0.39, 0.29) is 12.7 Å². The van der Waals surface area contributed by atoms with E-state index in [1.807, 2.05) is 18.2 Å². The zero-order chi connectivity index (χ0) is 16.5. The maximum Gasteiger partial charge on any atom is 0.331 e. The van der Waals surface area contributed by atoms with E-state index in [4.69, 9.17) is 9.47 Å². The van der Waals surface area contributed by atoms with Crippen LogP contribution in [-0.2, 0) is 25.6 Å². The summed E-state index contributed by atoms with van der Waals surface area (Å²) in [7, 11) is 0. The molecule has 1 heterocycles. The van der Waals surface area contributed by atoms with E-state index >= 15 is 0 Å². The Morgan fingerprint density at radius 3 is 2.43 bits per heavy atom. The molecular weight excluding hydrogens is 294 g/mol. The Bertz CT molecular complexity index is 533. The van der Waals surface area contributed by atoms with Gasteiger partial charge in [-0.2, -0.15) is 0 Å². The Kier molecular flexibility index (Phi) is 6.81. The Morgan fingerprint density at radius 1 is 1.13 bits per heavy atom. The topological polar surface area (TPSA) is 55.8 Å². The zero-order valence-corrected chi connectivity index (χ0v) is 13.4. The number of piperidine rings is 1. The molecule has 1 saturated heterocycles. The highest BCUT2D eigenvalue weighted by atomic mass is 16.5. The maximum absolute atomic E-state index is 11.7. The summed E-state index contributed by atoms with van der Waals surface area (Å²) in [4.78, 5) is 25.2. The molecule has 0 spiro atoms. The van der Waals surface area contributed by atoms with Gasteiger partial charge in [-0.15, -0.1) is 0 Å². The first-order valence-corrected chi connectivity index (χ1v) is 7.99. The molecule has 1 aromatic carbocycles. The normalized spacial score (nSPS) is 16.4. The SMILES string of the molecule is CCOC(=O)/C=C\C(=O)OC1CCN(Cc2ccccc2)CC1. The van der Waals surface area contributed by atoms with E-state index in [1.165, 1.54) is 5.56 Å². The smallest absolute Gasteiger partial charge is 0.331 e. The number of carbonyl (C=O) groups is 2. The summed E-state index contributed by atoms with van der Waals surface area (Å²) in [6.45, 7) is 4.72. The third-order valence-corrected chi connectivity index (χ3v) is 3.71. The first kappa shape index (κ1) is 17.2. The van der Waals surface area contributed by atoms with Crippen LogP contribution in [0.15, 0.2) is 42.5 Å². The van der Waals surface area contributed by atoms with Crippen molar-refractivity contribution in [1.29, 1.82) is 0 Å². The molecule has 1 fully saturated rings. The van der Waals surface area contributed by atoms with Gasteiger partial charge >= 0.3 is 11.9 Å². The van der Waals surface area contributed by atoms with E-state index in [9.17, 15) is 9.59 Å². The molecule has 23 heavy (non-hydrogen) atoms. The quantitative estimate of drug-likeness (QED) is 0.595. The van der Waals surface area contributed by atoms with E-state index in [0.717, 1.165) is 44.6 Å². The van der Waals surface area contributed by atoms with Crippen molar-refractivity contribution in [2.45, 2.75) is 32.4 Å². The number of hydrogen-bond donors (Lipinski definition) is 0. The molecule has 0 N–H and O–H groups in total. The second-order valence-electron chi connectivity index (χ2n) is 5.48. The van der Waals surface area contributed by atoms with Crippen LogP contribution in [0.2, 0.25) is 0 Å². The van der Waals surface area contributed by atoms with Crippen LogP contribution in [0.25, 0.3) is 0 Å². The first-order valence-electron chi connectivity index (χ1n) is 7.99. The average molecular weight is 317 g/mol. The molecule has 5 heteroatoms. The number of likely N-dealkylation sites (tertiary alicyclic amines) is 1. The van der Waals surface area contributed by atoms with Gasteiger partial charge in [0.2, 0.25) is 0 Å². The minimum atomic E-state index is -0.526. The minimum Gasteiger partial charge on any atom is -0.463 e. The molecule has 0 bridgehead atoms. The summed E-state index contributed by atoms with van der Waals surface area (Å²) in [6.07, 6.45) is 3.78. The van der Waals surface area contributed by atoms with Crippen LogP contribution in [0.5, 0.6) is 0 Å². The fourth-order valence-corrected chi connectivity index (χ4v) is 2.56. The largest absolute Gasteiger partial charge is 0.463 e. The van der Waals surface area contributed by atoms with Gasteiger partial charge in [0.15, 0.2) is 0 Å². The zero-order valence-electron chi connectivity index (χ0n) is 13.4. The Labute approximate surface area is 136 Å². The van der Waals surface area contributed by atoms with Gasteiger partial charge < -0.3 is 9.47 Å². The second kappa shape index (κ2) is 9.10. The highest BCUT2D eigenvalue weighted by Crippen LogP contribution is 2.16. The van der Waals surface area contributed by atoms with E-state index in [0.29, 0.717) is 0 Å². The standard InChI is InChI=1S/C18H23NO4/c1-2-22-17(20)8-9-18(21)23-16-10-12-19(13-11-16)14-15-6-4-3-5-7-15/h3-9,16H,2,10-14H2,1H3/b9-8-. The lowest BCUT2D eigenvalue weighted by molar-refractivity contribution is -0.146. The third-order valence-electron chi connectivity index (χ3n) is 3.71. The number of rotatable bonds is 6. The van der Waals surface area contributed by atoms with Crippen LogP contribution in [0.3, 0.4) is 0 Å². The molecule has 0 amide bonds. The summed E-state index contributed by atoms with van der Waals surface area (Å²) >= 11 is 0. The number of nitrogens with zero attached hydrogens (tertiary/aromatic N) is 1. The van der Waals surface area contributed by atoms with Crippen molar-refractivity contribution in [2.24, 2.45) is 0 Å². The number of esters is 2. The van der Waals surface area contributed by atoms with Crippen LogP contribution in [0, 0.1) is 0 Å². The van der Waals surface area contributed by atoms with Crippen LogP contribution in [0.1, 0.15) is 25.3 Å². The lowest BCUT2D eigenvalue weighted by Gasteiger charge is -2.31. The molecule has 0 aromatic heterocycles. The van der Waals surface area contributed by atoms with Crippen molar-refractivity contribution < 1.29 is 19.1 Å². The minimum absolute atomic E-state index is 0.0821. The van der Waals surface area contributed by atoms with Crippen molar-refractivity contribution in [3.05, 3.63) is 48.0 Å². The highest BCUT2D eigenvalue weighted by Gasteiger charge is 2.21. The predicted octanol–water partition coefficient (Wildman–Crippen LogP) is 2.31. The molecule has 5 nitrogen and oxygen atoms in total. The molecule has 0 radical (unpaired) electrons.